The third kappa shape index (κ3) is 3.56. The van der Waals surface area contributed by atoms with Crippen molar-refractivity contribution in [3.8, 4) is 0 Å². The van der Waals surface area contributed by atoms with Gasteiger partial charge in [0.1, 0.15) is 0 Å². The van der Waals surface area contributed by atoms with Gasteiger partial charge >= 0.3 is 0 Å². The topological polar surface area (TPSA) is 67.2 Å². The van der Waals surface area contributed by atoms with E-state index in [9.17, 15) is 9.59 Å². The van der Waals surface area contributed by atoms with E-state index in [2.05, 4.69) is 22.4 Å². The third-order valence-electron chi connectivity index (χ3n) is 6.12. The summed E-state index contributed by atoms with van der Waals surface area (Å²) >= 11 is 1.54. The first-order chi connectivity index (χ1) is 15.4. The van der Waals surface area contributed by atoms with Crippen LogP contribution in [0.3, 0.4) is 0 Å². The molecule has 0 saturated carbocycles. The molecule has 1 N–H and O–H groups in total. The molecule has 3 heterocycles. The van der Waals surface area contributed by atoms with Crippen LogP contribution in [0.1, 0.15) is 51.8 Å². The number of hydrogen-bond acceptors (Lipinski definition) is 4. The fourth-order valence-corrected chi connectivity index (χ4v) is 5.79. The highest BCUT2D eigenvalue weighted by Crippen LogP contribution is 2.40. The average molecular weight is 447 g/mol. The van der Waals surface area contributed by atoms with Crippen molar-refractivity contribution in [2.24, 2.45) is 7.05 Å². The molecule has 1 fully saturated rings. The van der Waals surface area contributed by atoms with Crippen LogP contribution in [-0.2, 0) is 7.05 Å². The largest absolute Gasteiger partial charge is 0.349 e. The van der Waals surface area contributed by atoms with Crippen LogP contribution < -0.4 is 5.32 Å². The predicted octanol–water partition coefficient (Wildman–Crippen LogP) is 4.56. The average Bonchev–Trinajstić information content (AvgIpc) is 3.49. The molecular weight excluding hydrogens is 420 g/mol. The lowest BCUT2D eigenvalue weighted by atomic mass is 9.95. The van der Waals surface area contributed by atoms with Gasteiger partial charge in [0.2, 0.25) is 0 Å². The number of thiophene rings is 1. The molecule has 5 rings (SSSR count). The highest BCUT2D eigenvalue weighted by molar-refractivity contribution is 7.21. The smallest absolute Gasteiger partial charge is 0.261 e. The summed E-state index contributed by atoms with van der Waals surface area (Å²) in [6.45, 7) is 5.24. The molecule has 1 atom stereocenters. The maximum absolute atomic E-state index is 13.3. The molecular formula is C25H26N4O2S. The quantitative estimate of drug-likeness (QED) is 0.500. The number of benzene rings is 2. The Kier molecular flexibility index (Phi) is 5.21. The summed E-state index contributed by atoms with van der Waals surface area (Å²) in [7, 11) is 1.94. The zero-order valence-corrected chi connectivity index (χ0v) is 19.3. The Morgan fingerprint density at radius 2 is 2.00 bits per heavy atom. The molecule has 7 heteroatoms. The molecule has 164 valence electrons. The Morgan fingerprint density at radius 3 is 2.81 bits per heavy atom. The van der Waals surface area contributed by atoms with Gasteiger partial charge in [0.25, 0.3) is 11.8 Å². The molecule has 2 aromatic carbocycles. The summed E-state index contributed by atoms with van der Waals surface area (Å²) in [6, 6.07) is 13.9. The number of nitrogens with one attached hydrogen (secondary N) is 1. The molecule has 2 amide bonds. The maximum Gasteiger partial charge on any atom is 0.261 e. The molecule has 0 spiro atoms. The molecule has 1 aliphatic heterocycles. The van der Waals surface area contributed by atoms with Gasteiger partial charge in [-0.05, 0) is 55.5 Å². The number of carbonyl (C=O) groups is 2. The maximum atomic E-state index is 13.3. The molecule has 0 aliphatic carbocycles. The number of aromatic nitrogens is 2. The highest BCUT2D eigenvalue weighted by atomic mass is 32.1. The van der Waals surface area contributed by atoms with Crippen molar-refractivity contribution in [2.75, 3.05) is 13.1 Å². The summed E-state index contributed by atoms with van der Waals surface area (Å²) in [6.07, 6.45) is 2.61. The summed E-state index contributed by atoms with van der Waals surface area (Å²) in [5.41, 5.74) is 3.57. The highest BCUT2D eigenvalue weighted by Gasteiger charge is 2.33. The van der Waals surface area contributed by atoms with E-state index in [1.54, 1.807) is 17.7 Å². The minimum Gasteiger partial charge on any atom is -0.349 e. The monoisotopic (exact) mass is 446 g/mol. The van der Waals surface area contributed by atoms with Crippen molar-refractivity contribution in [2.45, 2.75) is 32.2 Å². The predicted molar refractivity (Wildman–Crippen MR) is 128 cm³/mol. The van der Waals surface area contributed by atoms with Gasteiger partial charge in [-0.25, -0.2) is 4.98 Å². The van der Waals surface area contributed by atoms with E-state index in [4.69, 9.17) is 0 Å². The fourth-order valence-electron chi connectivity index (χ4n) is 4.60. The molecule has 6 nitrogen and oxygen atoms in total. The second-order valence-electron chi connectivity index (χ2n) is 8.76. The van der Waals surface area contributed by atoms with Gasteiger partial charge in [-0.2, -0.15) is 0 Å². The number of hydrogen-bond donors (Lipinski definition) is 1. The van der Waals surface area contributed by atoms with Gasteiger partial charge in [-0.3, -0.25) is 9.59 Å². The number of amides is 2. The number of likely N-dealkylation sites (tertiary alicyclic amines) is 1. The van der Waals surface area contributed by atoms with Crippen molar-refractivity contribution in [3.63, 3.8) is 0 Å². The molecule has 1 aliphatic rings. The molecule has 0 radical (unpaired) electrons. The summed E-state index contributed by atoms with van der Waals surface area (Å²) in [5.74, 6) is 0.135. The first-order valence-electron chi connectivity index (χ1n) is 10.9. The number of imidazole rings is 1. The fraction of sp³-hybridized carbons (Fsp3) is 0.320. The van der Waals surface area contributed by atoms with Gasteiger partial charge in [0.15, 0.2) is 0 Å². The minimum atomic E-state index is -0.0263. The van der Waals surface area contributed by atoms with Crippen molar-refractivity contribution in [1.29, 1.82) is 0 Å². The van der Waals surface area contributed by atoms with Crippen molar-refractivity contribution < 1.29 is 9.59 Å². The van der Waals surface area contributed by atoms with Gasteiger partial charge in [0, 0.05) is 42.4 Å². The Hall–Kier alpha value is -3.19. The molecule has 1 saturated heterocycles. The van der Waals surface area contributed by atoms with E-state index in [-0.39, 0.29) is 23.8 Å². The van der Waals surface area contributed by atoms with Gasteiger partial charge in [0.05, 0.1) is 22.2 Å². The Labute approximate surface area is 190 Å². The van der Waals surface area contributed by atoms with Crippen LogP contribution in [0.25, 0.3) is 21.1 Å². The van der Waals surface area contributed by atoms with Crippen LogP contribution in [0, 0.1) is 0 Å². The molecule has 0 unspecified atom stereocenters. The Bertz CT molecular complexity index is 1340. The standard InChI is InChI=1S/C25H26N4O2S/c1-15(2)27-24(30)23-22(18-6-4-5-7-21(18)32-23)17-10-11-29(13-17)25(31)16-8-9-20-19(12-16)26-14-28(20)3/h4-9,12,14-15,17H,10-11,13H2,1-3H3,(H,27,30)/t17-/m1/s1. The normalized spacial score (nSPS) is 16.4. The minimum absolute atomic E-state index is 0.0211. The number of aryl methyl sites for hydroxylation is 1. The van der Waals surface area contributed by atoms with Crippen molar-refractivity contribution in [3.05, 3.63) is 64.8 Å². The second-order valence-corrected chi connectivity index (χ2v) is 9.82. The van der Waals surface area contributed by atoms with E-state index in [0.717, 1.165) is 38.0 Å². The van der Waals surface area contributed by atoms with Crippen LogP contribution in [-0.4, -0.2) is 45.4 Å². The van der Waals surface area contributed by atoms with Crippen molar-refractivity contribution in [1.82, 2.24) is 19.8 Å². The van der Waals surface area contributed by atoms with E-state index >= 15 is 0 Å². The molecule has 0 bridgehead atoms. The number of rotatable bonds is 4. The summed E-state index contributed by atoms with van der Waals surface area (Å²) < 4.78 is 3.06. The van der Waals surface area contributed by atoms with Crippen LogP contribution in [0.2, 0.25) is 0 Å². The van der Waals surface area contributed by atoms with Crippen molar-refractivity contribution >= 4 is 44.3 Å². The Balaban J connectivity index is 1.44. The van der Waals surface area contributed by atoms with Gasteiger partial charge < -0.3 is 14.8 Å². The first kappa shape index (κ1) is 20.7. The van der Waals surface area contributed by atoms with Gasteiger partial charge in [-0.1, -0.05) is 18.2 Å². The van der Waals surface area contributed by atoms with Gasteiger partial charge in [-0.15, -0.1) is 11.3 Å². The lowest BCUT2D eigenvalue weighted by molar-refractivity contribution is 0.0791. The number of fused-ring (bicyclic) bond motifs is 2. The van der Waals surface area contributed by atoms with Crippen LogP contribution in [0.4, 0.5) is 0 Å². The first-order valence-corrected chi connectivity index (χ1v) is 11.8. The SMILES string of the molecule is CC(C)NC(=O)c1sc2ccccc2c1[C@@H]1CCN(C(=O)c2ccc3c(c2)ncn3C)C1. The van der Waals surface area contributed by atoms with E-state index in [1.165, 1.54) is 0 Å². The zero-order valence-electron chi connectivity index (χ0n) is 18.5. The Morgan fingerprint density at radius 1 is 1.19 bits per heavy atom. The van der Waals surface area contributed by atoms with E-state index in [1.807, 2.05) is 60.7 Å². The van der Waals surface area contributed by atoms with Crippen LogP contribution in [0.15, 0.2) is 48.8 Å². The third-order valence-corrected chi connectivity index (χ3v) is 7.30. The van der Waals surface area contributed by atoms with Crippen LogP contribution in [0.5, 0.6) is 0 Å². The second kappa shape index (κ2) is 8.06. The lowest BCUT2D eigenvalue weighted by Crippen LogP contribution is -2.31. The number of nitrogens with zero attached hydrogens (tertiary/aromatic N) is 3. The zero-order chi connectivity index (χ0) is 22.4. The van der Waals surface area contributed by atoms with E-state index in [0.29, 0.717) is 18.7 Å². The van der Waals surface area contributed by atoms with E-state index < -0.39 is 0 Å². The summed E-state index contributed by atoms with van der Waals surface area (Å²) in [4.78, 5) is 33.3. The lowest BCUT2D eigenvalue weighted by Gasteiger charge is -2.18. The molecule has 4 aromatic rings. The van der Waals surface area contributed by atoms with Crippen LogP contribution >= 0.6 is 11.3 Å². The molecule has 2 aromatic heterocycles. The summed E-state index contributed by atoms with van der Waals surface area (Å²) in [5, 5.41) is 4.17. The molecule has 32 heavy (non-hydrogen) atoms. The number of carbonyl (C=O) groups excluding carboxylic acids is 2.